The lowest BCUT2D eigenvalue weighted by molar-refractivity contribution is -0.346. The Kier molecular flexibility index (Phi) is 7.89. The second-order valence-electron chi connectivity index (χ2n) is 13.8. The molecule has 5 rings (SSSR count). The van der Waals surface area contributed by atoms with E-state index < -0.39 is 88.1 Å². The summed E-state index contributed by atoms with van der Waals surface area (Å²) in [6, 6.07) is 8.07. The van der Waals surface area contributed by atoms with Gasteiger partial charge >= 0.3 is 17.9 Å². The van der Waals surface area contributed by atoms with Crippen LogP contribution in [0.3, 0.4) is 0 Å². The Morgan fingerprint density at radius 3 is 2.23 bits per heavy atom. The van der Waals surface area contributed by atoms with Crippen molar-refractivity contribution < 1.29 is 53.4 Å². The first-order valence-corrected chi connectivity index (χ1v) is 15.0. The van der Waals surface area contributed by atoms with E-state index in [1.54, 1.807) is 52.8 Å². The normalized spacial score (nSPS) is 39.2. The zero-order valence-electron chi connectivity index (χ0n) is 26.2. The predicted octanol–water partition coefficient (Wildman–Crippen LogP) is 2.29. The molecule has 0 unspecified atom stereocenters. The number of ether oxygens (including phenoxy) is 4. The van der Waals surface area contributed by atoms with Crippen LogP contribution in [0, 0.1) is 22.7 Å². The van der Waals surface area contributed by atoms with E-state index in [4.69, 9.17) is 18.9 Å². The second kappa shape index (κ2) is 10.8. The Hall–Kier alpha value is -3.12. The number of carbonyl (C=O) groups is 4. The van der Waals surface area contributed by atoms with Crippen LogP contribution in [0.15, 0.2) is 41.5 Å². The largest absolute Gasteiger partial charge is 0.455 e. The molecule has 9 atom stereocenters. The number of rotatable bonds is 5. The summed E-state index contributed by atoms with van der Waals surface area (Å²) in [6.45, 7) is 10.6. The van der Waals surface area contributed by atoms with Gasteiger partial charge in [0, 0.05) is 25.2 Å². The number of hydrogen-bond acceptors (Lipinski definition) is 11. The van der Waals surface area contributed by atoms with Crippen molar-refractivity contribution in [3.63, 3.8) is 0 Å². The number of ketones is 1. The predicted molar refractivity (Wildman–Crippen MR) is 154 cm³/mol. The highest BCUT2D eigenvalue weighted by Gasteiger charge is 2.78. The first kappa shape index (κ1) is 32.3. The molecule has 1 heterocycles. The fourth-order valence-corrected chi connectivity index (χ4v) is 7.99. The van der Waals surface area contributed by atoms with Crippen molar-refractivity contribution in [3.05, 3.63) is 47.0 Å². The first-order chi connectivity index (χ1) is 20.4. The van der Waals surface area contributed by atoms with E-state index in [9.17, 15) is 29.7 Å². The van der Waals surface area contributed by atoms with Crippen molar-refractivity contribution in [1.82, 2.24) is 0 Å². The second-order valence-corrected chi connectivity index (χ2v) is 13.8. The monoisotopic (exact) mass is 614 g/mol. The lowest BCUT2D eigenvalue weighted by atomic mass is 9.44. The average Bonchev–Trinajstić information content (AvgIpc) is 2.95. The molecule has 3 fully saturated rings. The summed E-state index contributed by atoms with van der Waals surface area (Å²) in [5, 5.41) is 36.1. The Balaban J connectivity index is 1.83. The van der Waals surface area contributed by atoms with Crippen LogP contribution in [-0.2, 0) is 33.3 Å². The maximum atomic E-state index is 15.0. The maximum Gasteiger partial charge on any atom is 0.338 e. The number of fused-ring (bicyclic) bond motifs is 5. The van der Waals surface area contributed by atoms with Gasteiger partial charge in [0.15, 0.2) is 17.5 Å². The molecule has 0 aromatic heterocycles. The summed E-state index contributed by atoms with van der Waals surface area (Å²) in [6.07, 6.45) is -7.31. The summed E-state index contributed by atoms with van der Waals surface area (Å²) >= 11 is 0. The Morgan fingerprint density at radius 1 is 1.05 bits per heavy atom. The van der Waals surface area contributed by atoms with Gasteiger partial charge in [-0.25, -0.2) is 4.79 Å². The Bertz CT molecular complexity index is 1400. The molecule has 1 aromatic carbocycles. The number of benzene rings is 1. The molecular weight excluding hydrogens is 572 g/mol. The van der Waals surface area contributed by atoms with Crippen LogP contribution in [0.5, 0.6) is 0 Å². The zero-order chi connectivity index (χ0) is 32.6. The first-order valence-electron chi connectivity index (χ1n) is 15.0. The van der Waals surface area contributed by atoms with Crippen molar-refractivity contribution in [2.45, 2.75) is 103 Å². The van der Waals surface area contributed by atoms with Gasteiger partial charge in [0.05, 0.1) is 41.6 Å². The standard InChI is InChI=1S/C33H42O11/c1-16(2)28(38)42-24-23-17(3)20(35)14-33(40,30(23,5)6)27(43-29(39)19-11-9-8-10-12-19)25-31(7,26(24)37)21(36)13-22-32(25,15-41-22)44-18(4)34/h8-12,16,20-22,24-25,27,35-36,40H,13-15H2,1-7H3/t20-,21-,22+,24+,25-,27-,31+,32-,33+/m0/s1. The number of hydrogen-bond donors (Lipinski definition) is 3. The van der Waals surface area contributed by atoms with E-state index in [2.05, 4.69) is 0 Å². The van der Waals surface area contributed by atoms with Crippen LogP contribution in [0.2, 0.25) is 0 Å². The molecule has 240 valence electrons. The van der Waals surface area contributed by atoms with Crippen molar-refractivity contribution in [1.29, 1.82) is 0 Å². The minimum atomic E-state index is -2.12. The number of Topliss-reactive ketones (excluding diaryl/α,β-unsaturated/α-hetero) is 1. The maximum absolute atomic E-state index is 15.0. The third-order valence-electron chi connectivity index (χ3n) is 10.6. The van der Waals surface area contributed by atoms with Crippen LogP contribution in [0.25, 0.3) is 0 Å². The molecule has 0 amide bonds. The highest BCUT2D eigenvalue weighted by molar-refractivity contribution is 5.95. The molecule has 44 heavy (non-hydrogen) atoms. The van der Waals surface area contributed by atoms with Crippen LogP contribution < -0.4 is 0 Å². The number of aliphatic hydroxyl groups excluding tert-OH is 2. The summed E-state index contributed by atoms with van der Waals surface area (Å²) in [5.74, 6) is -4.94. The molecule has 11 nitrogen and oxygen atoms in total. The van der Waals surface area contributed by atoms with E-state index in [1.807, 2.05) is 0 Å². The van der Waals surface area contributed by atoms with Crippen molar-refractivity contribution in [2.75, 3.05) is 6.61 Å². The van der Waals surface area contributed by atoms with Crippen LogP contribution >= 0.6 is 0 Å². The van der Waals surface area contributed by atoms with Crippen molar-refractivity contribution in [3.8, 4) is 0 Å². The summed E-state index contributed by atoms with van der Waals surface area (Å²) < 4.78 is 23.9. The summed E-state index contributed by atoms with van der Waals surface area (Å²) in [5.41, 5.74) is -6.41. The van der Waals surface area contributed by atoms with Gasteiger partial charge in [-0.2, -0.15) is 0 Å². The quantitative estimate of drug-likeness (QED) is 0.253. The number of esters is 3. The molecule has 3 aliphatic carbocycles. The number of aliphatic hydroxyl groups is 3. The van der Waals surface area contributed by atoms with E-state index in [0.717, 1.165) is 0 Å². The fraction of sp³-hybridized carbons (Fsp3) is 0.636. The van der Waals surface area contributed by atoms with E-state index >= 15 is 4.79 Å². The van der Waals surface area contributed by atoms with Gasteiger partial charge in [-0.15, -0.1) is 0 Å². The SMILES string of the molecule is CC(=O)O[C@@]12CO[C@@H]1C[C@H](O)[C@@]1(C)C(=O)[C@H](OC(=O)C(C)C)C3=C(C)[C@@H](O)C[C@@](O)([C@@H](OC(=O)c4ccccc4)[C@H]21)C3(C)C. The lowest BCUT2D eigenvalue weighted by Crippen LogP contribution is -2.81. The molecule has 0 spiro atoms. The minimum absolute atomic E-state index is 0.112. The molecule has 3 N–H and O–H groups in total. The molecule has 1 aliphatic heterocycles. The van der Waals surface area contributed by atoms with Gasteiger partial charge in [-0.1, -0.05) is 45.9 Å². The van der Waals surface area contributed by atoms with E-state index in [0.29, 0.717) is 5.57 Å². The van der Waals surface area contributed by atoms with Gasteiger partial charge in [-0.05, 0) is 37.1 Å². The fourth-order valence-electron chi connectivity index (χ4n) is 7.99. The lowest BCUT2D eigenvalue weighted by Gasteiger charge is -2.67. The molecule has 2 saturated carbocycles. The van der Waals surface area contributed by atoms with Crippen LogP contribution in [-0.4, -0.2) is 87.3 Å². The zero-order valence-corrected chi connectivity index (χ0v) is 26.2. The molecule has 1 aromatic rings. The highest BCUT2D eigenvalue weighted by Crippen LogP contribution is 2.64. The molecular formula is C33H42O11. The number of carbonyl (C=O) groups excluding carboxylic acids is 4. The molecule has 0 radical (unpaired) electrons. The Labute approximate surface area is 256 Å². The van der Waals surface area contributed by atoms with Gasteiger partial charge < -0.3 is 34.3 Å². The smallest absolute Gasteiger partial charge is 0.338 e. The summed E-state index contributed by atoms with van der Waals surface area (Å²) in [7, 11) is 0. The molecule has 2 bridgehead atoms. The molecule has 1 saturated heterocycles. The Morgan fingerprint density at radius 2 is 1.68 bits per heavy atom. The van der Waals surface area contributed by atoms with Gasteiger partial charge in [0.25, 0.3) is 0 Å². The third kappa shape index (κ3) is 4.46. The van der Waals surface area contributed by atoms with Gasteiger partial charge in [0.1, 0.15) is 17.8 Å². The van der Waals surface area contributed by atoms with Crippen molar-refractivity contribution in [2.24, 2.45) is 22.7 Å². The van der Waals surface area contributed by atoms with Crippen molar-refractivity contribution >= 4 is 23.7 Å². The van der Waals surface area contributed by atoms with Gasteiger partial charge in [0.2, 0.25) is 0 Å². The third-order valence-corrected chi connectivity index (χ3v) is 10.6. The highest BCUT2D eigenvalue weighted by atomic mass is 16.6. The van der Waals surface area contributed by atoms with Crippen LogP contribution in [0.1, 0.15) is 71.7 Å². The average molecular weight is 615 g/mol. The summed E-state index contributed by atoms with van der Waals surface area (Å²) in [4.78, 5) is 54.5. The molecule has 4 aliphatic rings. The van der Waals surface area contributed by atoms with E-state index in [-0.39, 0.29) is 30.6 Å². The van der Waals surface area contributed by atoms with Gasteiger partial charge in [-0.3, -0.25) is 14.4 Å². The minimum Gasteiger partial charge on any atom is -0.455 e. The van der Waals surface area contributed by atoms with Crippen LogP contribution in [0.4, 0.5) is 0 Å². The molecule has 11 heteroatoms. The topological polar surface area (TPSA) is 166 Å². The van der Waals surface area contributed by atoms with E-state index in [1.165, 1.54) is 26.0 Å².